The zero-order valence-electron chi connectivity index (χ0n) is 16.1. The Morgan fingerprint density at radius 1 is 1.28 bits per heavy atom. The molecule has 152 valence electrons. The van der Waals surface area contributed by atoms with Crippen LogP contribution in [0.2, 0.25) is 5.02 Å². The minimum absolute atomic E-state index is 0.0791. The van der Waals surface area contributed by atoms with E-state index in [9.17, 15) is 9.59 Å². The smallest absolute Gasteiger partial charge is 0.250 e. The number of thioether (sulfide) groups is 1. The molecule has 0 spiro atoms. The van der Waals surface area contributed by atoms with Crippen LogP contribution in [0, 0.1) is 12.8 Å². The molecule has 8 heteroatoms. The molecule has 2 atom stereocenters. The molecule has 1 aromatic carbocycles. The van der Waals surface area contributed by atoms with Crippen molar-refractivity contribution in [2.45, 2.75) is 25.8 Å². The number of nitrogens with one attached hydrogen (secondary N) is 1. The number of pyridine rings is 1. The summed E-state index contributed by atoms with van der Waals surface area (Å²) in [7, 11) is 0. The predicted molar refractivity (Wildman–Crippen MR) is 123 cm³/mol. The Bertz CT molecular complexity index is 1020. The molecule has 5 nitrogen and oxygen atoms in total. The number of halogens is 1. The van der Waals surface area contributed by atoms with E-state index in [0.717, 1.165) is 41.6 Å². The average Bonchev–Trinajstić information content (AvgIpc) is 2.69. The van der Waals surface area contributed by atoms with E-state index in [-0.39, 0.29) is 17.2 Å². The van der Waals surface area contributed by atoms with Crippen LogP contribution in [0.4, 0.5) is 5.69 Å². The Morgan fingerprint density at radius 2 is 2.10 bits per heavy atom. The van der Waals surface area contributed by atoms with Crippen LogP contribution in [0.25, 0.3) is 0 Å². The summed E-state index contributed by atoms with van der Waals surface area (Å²) in [6.45, 7) is 4.29. The van der Waals surface area contributed by atoms with Crippen LogP contribution < -0.4 is 10.9 Å². The van der Waals surface area contributed by atoms with E-state index in [2.05, 4.69) is 10.2 Å². The molecule has 2 bridgehead atoms. The van der Waals surface area contributed by atoms with Crippen LogP contribution in [0.15, 0.2) is 41.2 Å². The fourth-order valence-electron chi connectivity index (χ4n) is 4.13. The standard InChI is InChI=1S/C21H22ClN3O2S2/c1-13-5-6-16(8-17(13)22)23-19(26)12-29-21(28)24-9-14-7-15(11-24)18-3-2-4-20(27)25(18)10-14/h2-6,8,14-15H,7,9-12H2,1H3,(H,23,26)/t14-,15+/m1/s1. The number of carbonyl (C=O) groups excluding carboxylic acids is 1. The van der Waals surface area contributed by atoms with Gasteiger partial charge in [0.1, 0.15) is 4.32 Å². The van der Waals surface area contributed by atoms with Gasteiger partial charge in [0.15, 0.2) is 0 Å². The first-order valence-corrected chi connectivity index (χ1v) is 11.4. The van der Waals surface area contributed by atoms with Crippen LogP contribution in [0.1, 0.15) is 23.6 Å². The highest BCUT2D eigenvalue weighted by Crippen LogP contribution is 2.36. The van der Waals surface area contributed by atoms with E-state index in [0.29, 0.717) is 22.5 Å². The van der Waals surface area contributed by atoms with Gasteiger partial charge in [-0.05, 0) is 43.0 Å². The fourth-order valence-corrected chi connectivity index (χ4v) is 5.30. The second kappa shape index (κ2) is 8.50. The first-order valence-electron chi connectivity index (χ1n) is 9.58. The van der Waals surface area contributed by atoms with E-state index < -0.39 is 0 Å². The van der Waals surface area contributed by atoms with Gasteiger partial charge in [-0.25, -0.2) is 0 Å². The summed E-state index contributed by atoms with van der Waals surface area (Å²) in [6, 6.07) is 11.0. The van der Waals surface area contributed by atoms with Gasteiger partial charge in [0.05, 0.1) is 5.75 Å². The normalized spacial score (nSPS) is 20.1. The maximum atomic E-state index is 12.3. The molecule has 0 unspecified atom stereocenters. The number of aromatic nitrogens is 1. The quantitative estimate of drug-likeness (QED) is 0.723. The first-order chi connectivity index (χ1) is 13.9. The SMILES string of the molecule is Cc1ccc(NC(=O)CSC(=S)N2C[C@H]3C[C@@H](C2)c2cccc(=O)n2C3)cc1Cl. The van der Waals surface area contributed by atoms with E-state index in [1.807, 2.05) is 35.8 Å². The highest BCUT2D eigenvalue weighted by atomic mass is 35.5. The lowest BCUT2D eigenvalue weighted by Crippen LogP contribution is -2.48. The first kappa shape index (κ1) is 20.4. The number of aryl methyl sites for hydroxylation is 1. The predicted octanol–water partition coefficient (Wildman–Crippen LogP) is 3.89. The Morgan fingerprint density at radius 3 is 2.90 bits per heavy atom. The Kier molecular flexibility index (Phi) is 5.99. The Labute approximate surface area is 184 Å². The van der Waals surface area contributed by atoms with Crippen LogP contribution >= 0.6 is 35.6 Å². The van der Waals surface area contributed by atoms with Crippen LogP contribution in [0.3, 0.4) is 0 Å². The molecule has 1 fully saturated rings. The molecular weight excluding hydrogens is 426 g/mol. The van der Waals surface area contributed by atoms with Crippen molar-refractivity contribution in [1.82, 2.24) is 9.47 Å². The highest BCUT2D eigenvalue weighted by Gasteiger charge is 2.35. The van der Waals surface area contributed by atoms with Crippen molar-refractivity contribution < 1.29 is 4.79 Å². The number of piperidine rings is 1. The number of nitrogens with zero attached hydrogens (tertiary/aromatic N) is 2. The van der Waals surface area contributed by atoms with Crippen molar-refractivity contribution in [3.63, 3.8) is 0 Å². The van der Waals surface area contributed by atoms with E-state index in [1.54, 1.807) is 12.1 Å². The summed E-state index contributed by atoms with van der Waals surface area (Å²) < 4.78 is 2.65. The lowest BCUT2D eigenvalue weighted by molar-refractivity contribution is -0.113. The van der Waals surface area contributed by atoms with E-state index in [4.69, 9.17) is 23.8 Å². The highest BCUT2D eigenvalue weighted by molar-refractivity contribution is 8.23. The maximum Gasteiger partial charge on any atom is 0.250 e. The summed E-state index contributed by atoms with van der Waals surface area (Å²) in [6.07, 6.45) is 1.09. The molecule has 2 aromatic rings. The average molecular weight is 448 g/mol. The molecule has 2 aliphatic heterocycles. The summed E-state index contributed by atoms with van der Waals surface area (Å²) in [5.41, 5.74) is 2.84. The third-order valence-corrected chi connectivity index (χ3v) is 7.45. The number of hydrogen-bond donors (Lipinski definition) is 1. The number of rotatable bonds is 3. The van der Waals surface area contributed by atoms with Crippen LogP contribution in [-0.2, 0) is 11.3 Å². The molecule has 2 aliphatic rings. The number of anilines is 1. The summed E-state index contributed by atoms with van der Waals surface area (Å²) in [4.78, 5) is 26.6. The third-order valence-electron chi connectivity index (χ3n) is 5.52. The number of carbonyl (C=O) groups is 1. The Hall–Kier alpha value is -1.83. The summed E-state index contributed by atoms with van der Waals surface area (Å²) in [5, 5.41) is 3.50. The van der Waals surface area contributed by atoms with Crippen molar-refractivity contribution in [2.24, 2.45) is 5.92 Å². The van der Waals surface area contributed by atoms with Gasteiger partial charge in [-0.3, -0.25) is 9.59 Å². The summed E-state index contributed by atoms with van der Waals surface area (Å²) >= 11 is 13.1. The summed E-state index contributed by atoms with van der Waals surface area (Å²) in [5.74, 6) is 0.861. The number of fused-ring (bicyclic) bond motifs is 4. The second-order valence-electron chi connectivity index (χ2n) is 7.67. The molecule has 0 radical (unpaired) electrons. The van der Waals surface area contributed by atoms with Gasteiger partial charge in [-0.2, -0.15) is 0 Å². The van der Waals surface area contributed by atoms with Gasteiger partial charge >= 0.3 is 0 Å². The second-order valence-corrected chi connectivity index (χ2v) is 9.69. The molecule has 1 aromatic heterocycles. The van der Waals surface area contributed by atoms with Gasteiger partial charge in [0.2, 0.25) is 5.91 Å². The van der Waals surface area contributed by atoms with Crippen molar-refractivity contribution in [1.29, 1.82) is 0 Å². The van der Waals surface area contributed by atoms with Crippen LogP contribution in [0.5, 0.6) is 0 Å². The molecule has 0 aliphatic carbocycles. The number of amides is 1. The molecule has 29 heavy (non-hydrogen) atoms. The molecule has 1 amide bonds. The Balaban J connectivity index is 1.34. The zero-order chi connectivity index (χ0) is 20.5. The lowest BCUT2D eigenvalue weighted by Gasteiger charge is -2.43. The molecule has 1 saturated heterocycles. The monoisotopic (exact) mass is 447 g/mol. The van der Waals surface area contributed by atoms with Crippen molar-refractivity contribution in [2.75, 3.05) is 24.2 Å². The minimum atomic E-state index is -0.105. The van der Waals surface area contributed by atoms with Crippen molar-refractivity contribution in [3.05, 3.63) is 63.0 Å². The van der Waals surface area contributed by atoms with Gasteiger partial charge in [0, 0.05) is 48.0 Å². The number of hydrogen-bond acceptors (Lipinski definition) is 4. The topological polar surface area (TPSA) is 54.3 Å². The van der Waals surface area contributed by atoms with E-state index in [1.165, 1.54) is 11.8 Å². The molecule has 4 rings (SSSR count). The van der Waals surface area contributed by atoms with Gasteiger partial charge < -0.3 is 14.8 Å². The molecule has 0 saturated carbocycles. The third kappa shape index (κ3) is 4.52. The minimum Gasteiger partial charge on any atom is -0.356 e. The lowest BCUT2D eigenvalue weighted by atomic mass is 9.83. The maximum absolute atomic E-state index is 12.3. The number of likely N-dealkylation sites (tertiary alicyclic amines) is 1. The van der Waals surface area contributed by atoms with Crippen LogP contribution in [-0.4, -0.2) is 38.5 Å². The molecular formula is C21H22ClN3O2S2. The van der Waals surface area contributed by atoms with E-state index >= 15 is 0 Å². The molecule has 1 N–H and O–H groups in total. The fraction of sp³-hybridized carbons (Fsp3) is 0.381. The van der Waals surface area contributed by atoms with Crippen molar-refractivity contribution >= 4 is 51.5 Å². The zero-order valence-corrected chi connectivity index (χ0v) is 18.4. The van der Waals surface area contributed by atoms with Crippen molar-refractivity contribution in [3.8, 4) is 0 Å². The molecule has 3 heterocycles. The number of benzene rings is 1. The van der Waals surface area contributed by atoms with Gasteiger partial charge in [-0.15, -0.1) is 0 Å². The largest absolute Gasteiger partial charge is 0.356 e. The van der Waals surface area contributed by atoms with Gasteiger partial charge in [-0.1, -0.05) is 47.7 Å². The van der Waals surface area contributed by atoms with Gasteiger partial charge in [0.25, 0.3) is 5.56 Å². The number of thiocarbonyl (C=S) groups is 1.